The van der Waals surface area contributed by atoms with Gasteiger partial charge in [0.15, 0.2) is 5.76 Å². The second kappa shape index (κ2) is 8.27. The minimum absolute atomic E-state index is 0.0938. The number of hydrogen-bond acceptors (Lipinski definition) is 5. The highest BCUT2D eigenvalue weighted by Gasteiger charge is 2.30. The molecule has 0 unspecified atom stereocenters. The van der Waals surface area contributed by atoms with Gasteiger partial charge < -0.3 is 18.7 Å². The van der Waals surface area contributed by atoms with Crippen molar-refractivity contribution in [3.8, 4) is 11.3 Å². The predicted molar refractivity (Wildman–Crippen MR) is 78.9 cm³/mol. The Morgan fingerprint density at radius 1 is 1.08 bits per heavy atom. The van der Waals surface area contributed by atoms with Crippen LogP contribution >= 0.6 is 0 Å². The third-order valence-electron chi connectivity index (χ3n) is 3.23. The summed E-state index contributed by atoms with van der Waals surface area (Å²) in [4.78, 5) is 0. The summed E-state index contributed by atoms with van der Waals surface area (Å²) in [5.41, 5.74) is 0.937. The van der Waals surface area contributed by atoms with Crippen molar-refractivity contribution in [1.82, 2.24) is 5.16 Å². The molecule has 5 nitrogen and oxygen atoms in total. The molecule has 2 aromatic rings. The molecule has 0 aliphatic heterocycles. The van der Waals surface area contributed by atoms with Crippen LogP contribution in [-0.4, -0.2) is 25.7 Å². The van der Waals surface area contributed by atoms with E-state index in [-0.39, 0.29) is 20.0 Å². The molecule has 8 heteroatoms. The fraction of sp³-hybridized carbons (Fsp3) is 0.438. The standard InChI is InChI=1S/C16H18F3NO4/c1-3-22-8-13-14(9-23-10-21-2)20-24-15(13)11-4-6-12(7-5-11)16(17,18)19/h4-7H,3,8-10H2,1-2H3. The van der Waals surface area contributed by atoms with Crippen LogP contribution in [0.15, 0.2) is 28.8 Å². The molecule has 0 saturated carbocycles. The van der Waals surface area contributed by atoms with Crippen LogP contribution in [0.4, 0.5) is 13.2 Å². The van der Waals surface area contributed by atoms with Crippen LogP contribution in [0.1, 0.15) is 23.7 Å². The molecule has 0 bridgehead atoms. The molecule has 0 saturated heterocycles. The summed E-state index contributed by atoms with van der Waals surface area (Å²) in [6, 6.07) is 4.70. The molecule has 0 aliphatic carbocycles. The molecule has 1 heterocycles. The molecule has 132 valence electrons. The Labute approximate surface area is 137 Å². The number of ether oxygens (including phenoxy) is 3. The van der Waals surface area contributed by atoms with E-state index in [0.29, 0.717) is 29.2 Å². The lowest BCUT2D eigenvalue weighted by Crippen LogP contribution is -2.04. The summed E-state index contributed by atoms with van der Waals surface area (Å²) < 4.78 is 58.7. The van der Waals surface area contributed by atoms with Gasteiger partial charge in [-0.3, -0.25) is 0 Å². The summed E-state index contributed by atoms with van der Waals surface area (Å²) in [6.07, 6.45) is -4.38. The zero-order chi connectivity index (χ0) is 17.6. The summed E-state index contributed by atoms with van der Waals surface area (Å²) in [5.74, 6) is 0.369. The highest BCUT2D eigenvalue weighted by atomic mass is 19.4. The fourth-order valence-corrected chi connectivity index (χ4v) is 2.07. The topological polar surface area (TPSA) is 53.7 Å². The zero-order valence-corrected chi connectivity index (χ0v) is 13.4. The van der Waals surface area contributed by atoms with Gasteiger partial charge in [0, 0.05) is 19.3 Å². The number of nitrogens with zero attached hydrogens (tertiary/aromatic N) is 1. The van der Waals surface area contributed by atoms with Crippen LogP contribution in [0.3, 0.4) is 0 Å². The van der Waals surface area contributed by atoms with E-state index >= 15 is 0 Å². The van der Waals surface area contributed by atoms with Crippen LogP contribution in [0, 0.1) is 0 Å². The normalized spacial score (nSPS) is 11.9. The predicted octanol–water partition coefficient (Wildman–Crippen LogP) is 4.02. The quantitative estimate of drug-likeness (QED) is 0.534. The van der Waals surface area contributed by atoms with E-state index in [2.05, 4.69) is 5.16 Å². The SMILES string of the molecule is CCOCc1c(COCOC)noc1-c1ccc(C(F)(F)F)cc1. The highest BCUT2D eigenvalue weighted by molar-refractivity contribution is 5.62. The van der Waals surface area contributed by atoms with E-state index in [1.807, 2.05) is 6.92 Å². The third-order valence-corrected chi connectivity index (χ3v) is 3.23. The van der Waals surface area contributed by atoms with Crippen molar-refractivity contribution in [1.29, 1.82) is 0 Å². The van der Waals surface area contributed by atoms with Crippen LogP contribution in [0.2, 0.25) is 0 Å². The average Bonchev–Trinajstić information content (AvgIpc) is 2.95. The largest absolute Gasteiger partial charge is 0.416 e. The first-order valence-corrected chi connectivity index (χ1v) is 7.26. The molecule has 2 rings (SSSR count). The van der Waals surface area contributed by atoms with E-state index in [4.69, 9.17) is 18.7 Å². The van der Waals surface area contributed by atoms with Gasteiger partial charge in [-0.1, -0.05) is 17.3 Å². The monoisotopic (exact) mass is 345 g/mol. The van der Waals surface area contributed by atoms with Crippen LogP contribution in [0.25, 0.3) is 11.3 Å². The first-order chi connectivity index (χ1) is 11.5. The molecular weight excluding hydrogens is 327 g/mol. The van der Waals surface area contributed by atoms with Crippen molar-refractivity contribution < 1.29 is 31.9 Å². The summed E-state index contributed by atoms with van der Waals surface area (Å²) >= 11 is 0. The van der Waals surface area contributed by atoms with Crippen molar-refractivity contribution >= 4 is 0 Å². The fourth-order valence-electron chi connectivity index (χ4n) is 2.07. The Bertz CT molecular complexity index is 638. The summed E-state index contributed by atoms with van der Waals surface area (Å²) in [7, 11) is 1.50. The minimum atomic E-state index is -4.38. The molecule has 0 N–H and O–H groups in total. The van der Waals surface area contributed by atoms with E-state index in [9.17, 15) is 13.2 Å². The van der Waals surface area contributed by atoms with Crippen LogP contribution in [-0.2, 0) is 33.6 Å². The minimum Gasteiger partial charge on any atom is -0.377 e. The Hall–Kier alpha value is -1.90. The number of alkyl halides is 3. The Kier molecular flexibility index (Phi) is 6.36. The van der Waals surface area contributed by atoms with Gasteiger partial charge in [0.25, 0.3) is 0 Å². The second-order valence-electron chi connectivity index (χ2n) is 4.90. The maximum absolute atomic E-state index is 12.7. The van der Waals surface area contributed by atoms with Gasteiger partial charge in [-0.25, -0.2) is 0 Å². The van der Waals surface area contributed by atoms with Gasteiger partial charge in [-0.2, -0.15) is 13.2 Å². The van der Waals surface area contributed by atoms with Crippen LogP contribution in [0.5, 0.6) is 0 Å². The number of aromatic nitrogens is 1. The van der Waals surface area contributed by atoms with E-state index in [1.54, 1.807) is 0 Å². The molecule has 1 aromatic heterocycles. The molecule has 0 atom stereocenters. The number of benzene rings is 1. The second-order valence-corrected chi connectivity index (χ2v) is 4.90. The molecular formula is C16H18F3NO4. The number of rotatable bonds is 8. The molecule has 0 aliphatic rings. The highest BCUT2D eigenvalue weighted by Crippen LogP contribution is 2.33. The molecule has 1 aromatic carbocycles. The van der Waals surface area contributed by atoms with E-state index in [0.717, 1.165) is 12.1 Å². The molecule has 0 radical (unpaired) electrons. The molecule has 0 amide bonds. The smallest absolute Gasteiger partial charge is 0.377 e. The molecule has 24 heavy (non-hydrogen) atoms. The number of hydrogen-bond donors (Lipinski definition) is 0. The van der Waals surface area contributed by atoms with Gasteiger partial charge >= 0.3 is 6.18 Å². The van der Waals surface area contributed by atoms with Gasteiger partial charge in [0.05, 0.1) is 24.3 Å². The lowest BCUT2D eigenvalue weighted by molar-refractivity contribution is -0.137. The summed E-state index contributed by atoms with van der Waals surface area (Å²) in [6.45, 7) is 2.79. The van der Waals surface area contributed by atoms with Gasteiger partial charge in [0.2, 0.25) is 0 Å². The Morgan fingerprint density at radius 3 is 2.38 bits per heavy atom. The maximum Gasteiger partial charge on any atom is 0.416 e. The van der Waals surface area contributed by atoms with Crippen molar-refractivity contribution in [3.63, 3.8) is 0 Å². The van der Waals surface area contributed by atoms with Crippen molar-refractivity contribution in [3.05, 3.63) is 41.1 Å². The third kappa shape index (κ3) is 4.56. The van der Waals surface area contributed by atoms with Gasteiger partial charge in [0.1, 0.15) is 12.5 Å². The zero-order valence-electron chi connectivity index (χ0n) is 13.4. The number of methoxy groups -OCH3 is 1. The Balaban J connectivity index is 2.27. The lowest BCUT2D eigenvalue weighted by atomic mass is 10.1. The van der Waals surface area contributed by atoms with Crippen molar-refractivity contribution in [2.45, 2.75) is 26.3 Å². The van der Waals surface area contributed by atoms with Gasteiger partial charge in [-0.05, 0) is 19.1 Å². The molecule has 0 spiro atoms. The first kappa shape index (κ1) is 18.4. The van der Waals surface area contributed by atoms with Crippen LogP contribution < -0.4 is 0 Å². The Morgan fingerprint density at radius 2 is 1.79 bits per heavy atom. The maximum atomic E-state index is 12.7. The van der Waals surface area contributed by atoms with Crippen molar-refractivity contribution in [2.24, 2.45) is 0 Å². The first-order valence-electron chi connectivity index (χ1n) is 7.26. The summed E-state index contributed by atoms with van der Waals surface area (Å²) in [5, 5.41) is 3.93. The average molecular weight is 345 g/mol. The van der Waals surface area contributed by atoms with Crippen molar-refractivity contribution in [2.75, 3.05) is 20.5 Å². The van der Waals surface area contributed by atoms with E-state index in [1.165, 1.54) is 19.2 Å². The van der Waals surface area contributed by atoms with E-state index < -0.39 is 11.7 Å². The number of halogens is 3. The lowest BCUT2D eigenvalue weighted by Gasteiger charge is -2.08. The molecule has 0 fully saturated rings. The van der Waals surface area contributed by atoms with Gasteiger partial charge in [-0.15, -0.1) is 0 Å².